The average Bonchev–Trinajstić information content (AvgIpc) is 2.57. The van der Waals surface area contributed by atoms with Crippen molar-refractivity contribution in [3.8, 4) is 5.75 Å². The minimum absolute atomic E-state index is 0.0800. The van der Waals surface area contributed by atoms with Crippen LogP contribution in [-0.4, -0.2) is 23.6 Å². The summed E-state index contributed by atoms with van der Waals surface area (Å²) in [4.78, 5) is 12.0. The zero-order chi connectivity index (χ0) is 16.4. The standard InChI is InChI=1S/C16H24N2O2.C2H6/c17-15(10-12-6-8-14(19)9-7-12)16(20)18-11-13-4-2-1-3-5-13;1-2/h6-9,13,15,19H,1-5,10-11,17H2,(H,18,20);1-2H3. The van der Waals surface area contributed by atoms with E-state index in [4.69, 9.17) is 5.73 Å². The molecule has 4 heteroatoms. The summed E-state index contributed by atoms with van der Waals surface area (Å²) in [6.07, 6.45) is 6.81. The van der Waals surface area contributed by atoms with Gasteiger partial charge in [-0.05, 0) is 42.9 Å². The molecular formula is C18H30N2O2. The van der Waals surface area contributed by atoms with Crippen LogP contribution in [0, 0.1) is 5.92 Å². The molecule has 0 aromatic heterocycles. The number of phenolic OH excluding ortho intramolecular Hbond substituents is 1. The molecule has 0 heterocycles. The van der Waals surface area contributed by atoms with Crippen molar-refractivity contribution in [3.05, 3.63) is 29.8 Å². The number of nitrogens with two attached hydrogens (primary N) is 1. The molecule has 1 aromatic carbocycles. The lowest BCUT2D eigenvalue weighted by Gasteiger charge is -2.22. The molecule has 1 aliphatic carbocycles. The summed E-state index contributed by atoms with van der Waals surface area (Å²) >= 11 is 0. The summed E-state index contributed by atoms with van der Waals surface area (Å²) < 4.78 is 0. The number of carbonyl (C=O) groups excluding carboxylic acids is 1. The van der Waals surface area contributed by atoms with Gasteiger partial charge in [0.05, 0.1) is 6.04 Å². The number of rotatable bonds is 5. The molecule has 0 aliphatic heterocycles. The first-order valence-electron chi connectivity index (χ1n) is 8.46. The Labute approximate surface area is 134 Å². The fraction of sp³-hybridized carbons (Fsp3) is 0.611. The maximum Gasteiger partial charge on any atom is 0.237 e. The fourth-order valence-corrected chi connectivity index (χ4v) is 2.75. The number of carbonyl (C=O) groups is 1. The Morgan fingerprint density at radius 3 is 2.41 bits per heavy atom. The van der Waals surface area contributed by atoms with Gasteiger partial charge in [-0.25, -0.2) is 0 Å². The monoisotopic (exact) mass is 306 g/mol. The smallest absolute Gasteiger partial charge is 0.237 e. The molecule has 0 saturated heterocycles. The lowest BCUT2D eigenvalue weighted by molar-refractivity contribution is -0.122. The summed E-state index contributed by atoms with van der Waals surface area (Å²) in [6, 6.07) is 6.29. The first kappa shape index (κ1) is 18.5. The zero-order valence-electron chi connectivity index (χ0n) is 13.8. The number of aromatic hydroxyl groups is 1. The van der Waals surface area contributed by atoms with E-state index in [2.05, 4.69) is 5.32 Å². The van der Waals surface area contributed by atoms with Crippen molar-refractivity contribution >= 4 is 5.91 Å². The van der Waals surface area contributed by atoms with Crippen LogP contribution in [0.5, 0.6) is 5.75 Å². The van der Waals surface area contributed by atoms with Gasteiger partial charge in [-0.15, -0.1) is 0 Å². The highest BCUT2D eigenvalue weighted by Crippen LogP contribution is 2.22. The van der Waals surface area contributed by atoms with Crippen molar-refractivity contribution in [1.82, 2.24) is 5.32 Å². The van der Waals surface area contributed by atoms with Gasteiger partial charge in [0.1, 0.15) is 5.75 Å². The molecule has 1 aliphatic rings. The normalized spacial score (nSPS) is 16.3. The number of phenols is 1. The highest BCUT2D eigenvalue weighted by molar-refractivity contribution is 5.81. The van der Waals surface area contributed by atoms with Crippen LogP contribution in [-0.2, 0) is 11.2 Å². The Balaban J connectivity index is 0.00000116. The van der Waals surface area contributed by atoms with E-state index in [0.717, 1.165) is 12.1 Å². The third-order valence-electron chi connectivity index (χ3n) is 4.02. The summed E-state index contributed by atoms with van der Waals surface area (Å²) in [7, 11) is 0. The second-order valence-corrected chi connectivity index (χ2v) is 5.73. The fourth-order valence-electron chi connectivity index (χ4n) is 2.75. The molecule has 1 amide bonds. The Hall–Kier alpha value is -1.55. The van der Waals surface area contributed by atoms with E-state index >= 15 is 0 Å². The zero-order valence-corrected chi connectivity index (χ0v) is 13.8. The van der Waals surface area contributed by atoms with Gasteiger partial charge in [-0.1, -0.05) is 45.2 Å². The number of amides is 1. The van der Waals surface area contributed by atoms with E-state index in [-0.39, 0.29) is 11.7 Å². The predicted molar refractivity (Wildman–Crippen MR) is 90.7 cm³/mol. The molecule has 1 atom stereocenters. The Morgan fingerprint density at radius 2 is 1.82 bits per heavy atom. The van der Waals surface area contributed by atoms with Gasteiger partial charge in [-0.3, -0.25) is 4.79 Å². The molecule has 2 rings (SSSR count). The Bertz CT molecular complexity index is 425. The third kappa shape index (κ3) is 6.48. The van der Waals surface area contributed by atoms with Gasteiger partial charge in [0.25, 0.3) is 0 Å². The number of benzene rings is 1. The lowest BCUT2D eigenvalue weighted by Crippen LogP contribution is -2.43. The van der Waals surface area contributed by atoms with Crippen LogP contribution in [0.15, 0.2) is 24.3 Å². The van der Waals surface area contributed by atoms with E-state index in [9.17, 15) is 9.90 Å². The predicted octanol–water partition coefficient (Wildman–Crippen LogP) is 2.98. The van der Waals surface area contributed by atoms with E-state index in [1.54, 1.807) is 24.3 Å². The first-order valence-corrected chi connectivity index (χ1v) is 8.46. The quantitative estimate of drug-likeness (QED) is 0.783. The van der Waals surface area contributed by atoms with Crippen molar-refractivity contribution in [3.63, 3.8) is 0 Å². The summed E-state index contributed by atoms with van der Waals surface area (Å²) in [5, 5.41) is 12.2. The van der Waals surface area contributed by atoms with Crippen LogP contribution in [0.1, 0.15) is 51.5 Å². The molecule has 4 nitrogen and oxygen atoms in total. The van der Waals surface area contributed by atoms with Crippen molar-refractivity contribution in [2.75, 3.05) is 6.54 Å². The second kappa shape index (κ2) is 10.2. The highest BCUT2D eigenvalue weighted by Gasteiger charge is 2.17. The van der Waals surface area contributed by atoms with Crippen LogP contribution >= 0.6 is 0 Å². The van der Waals surface area contributed by atoms with Crippen molar-refractivity contribution in [1.29, 1.82) is 0 Å². The molecule has 1 fully saturated rings. The SMILES string of the molecule is CC.NC(Cc1ccc(O)cc1)C(=O)NCC1CCCCC1. The van der Waals surface area contributed by atoms with Crippen LogP contribution in [0.25, 0.3) is 0 Å². The number of hydrogen-bond donors (Lipinski definition) is 3. The van der Waals surface area contributed by atoms with Gasteiger partial charge in [0.2, 0.25) is 5.91 Å². The van der Waals surface area contributed by atoms with Crippen LogP contribution in [0.3, 0.4) is 0 Å². The molecule has 22 heavy (non-hydrogen) atoms. The number of hydrogen-bond acceptors (Lipinski definition) is 3. The lowest BCUT2D eigenvalue weighted by atomic mass is 9.89. The van der Waals surface area contributed by atoms with Crippen LogP contribution < -0.4 is 11.1 Å². The highest BCUT2D eigenvalue weighted by atomic mass is 16.3. The van der Waals surface area contributed by atoms with Gasteiger partial charge >= 0.3 is 0 Å². The number of nitrogens with one attached hydrogen (secondary N) is 1. The van der Waals surface area contributed by atoms with Gasteiger partial charge in [0, 0.05) is 6.54 Å². The topological polar surface area (TPSA) is 75.3 Å². The van der Waals surface area contributed by atoms with E-state index in [0.29, 0.717) is 12.3 Å². The second-order valence-electron chi connectivity index (χ2n) is 5.73. The summed E-state index contributed by atoms with van der Waals surface area (Å²) in [5.74, 6) is 0.765. The molecule has 124 valence electrons. The summed E-state index contributed by atoms with van der Waals surface area (Å²) in [5.41, 5.74) is 6.89. The van der Waals surface area contributed by atoms with E-state index in [1.165, 1.54) is 32.1 Å². The van der Waals surface area contributed by atoms with Crippen molar-refractivity contribution in [2.24, 2.45) is 11.7 Å². The van der Waals surface area contributed by atoms with Crippen LogP contribution in [0.4, 0.5) is 0 Å². The van der Waals surface area contributed by atoms with Gasteiger partial charge in [0.15, 0.2) is 0 Å². The molecule has 0 radical (unpaired) electrons. The van der Waals surface area contributed by atoms with Gasteiger partial charge in [-0.2, -0.15) is 0 Å². The van der Waals surface area contributed by atoms with Crippen molar-refractivity contribution in [2.45, 2.75) is 58.4 Å². The van der Waals surface area contributed by atoms with E-state index in [1.807, 2.05) is 13.8 Å². The maximum absolute atomic E-state index is 12.0. The molecule has 0 bridgehead atoms. The minimum atomic E-state index is -0.525. The summed E-state index contributed by atoms with van der Waals surface area (Å²) in [6.45, 7) is 4.75. The molecular weight excluding hydrogens is 276 g/mol. The molecule has 4 N–H and O–H groups in total. The molecule has 1 aromatic rings. The van der Waals surface area contributed by atoms with Crippen LogP contribution in [0.2, 0.25) is 0 Å². The molecule has 1 saturated carbocycles. The first-order chi connectivity index (χ1) is 10.6. The van der Waals surface area contributed by atoms with E-state index < -0.39 is 6.04 Å². The third-order valence-corrected chi connectivity index (χ3v) is 4.02. The van der Waals surface area contributed by atoms with Crippen molar-refractivity contribution < 1.29 is 9.90 Å². The Kier molecular flexibility index (Phi) is 8.60. The largest absolute Gasteiger partial charge is 0.508 e. The Morgan fingerprint density at radius 1 is 1.23 bits per heavy atom. The van der Waals surface area contributed by atoms with Gasteiger partial charge < -0.3 is 16.2 Å². The molecule has 0 spiro atoms. The molecule has 1 unspecified atom stereocenters. The average molecular weight is 306 g/mol. The minimum Gasteiger partial charge on any atom is -0.508 e. The maximum atomic E-state index is 12.0.